The van der Waals surface area contributed by atoms with Crippen LogP contribution in [-0.2, 0) is 6.42 Å². The summed E-state index contributed by atoms with van der Waals surface area (Å²) >= 11 is 5.23. The van der Waals surface area contributed by atoms with Crippen molar-refractivity contribution in [2.45, 2.75) is 18.9 Å². The molecule has 1 aromatic rings. The molecule has 0 saturated heterocycles. The molecule has 0 fully saturated rings. The van der Waals surface area contributed by atoms with Gasteiger partial charge in [-0.25, -0.2) is 14.1 Å². The van der Waals surface area contributed by atoms with E-state index in [0.29, 0.717) is 42.4 Å². The molecular formula is C14H15ClF2N3OS. The average Bonchev–Trinajstić information content (AvgIpc) is 2.81. The Morgan fingerprint density at radius 2 is 2.09 bits per heavy atom. The van der Waals surface area contributed by atoms with Crippen LogP contribution in [0.1, 0.15) is 12.0 Å². The summed E-state index contributed by atoms with van der Waals surface area (Å²) in [4.78, 5) is 1.90. The first-order valence-corrected chi connectivity index (χ1v) is 7.05. The molecule has 0 spiro atoms. The molecule has 0 aliphatic carbocycles. The zero-order valence-electron chi connectivity index (χ0n) is 11.6. The van der Waals surface area contributed by atoms with E-state index < -0.39 is 11.6 Å². The van der Waals surface area contributed by atoms with Gasteiger partial charge in [-0.15, -0.1) is 12.4 Å². The first kappa shape index (κ1) is 16.9. The maximum Gasteiger partial charge on any atom is 0.200 e. The van der Waals surface area contributed by atoms with Crippen LogP contribution in [0, 0.1) is 11.6 Å². The van der Waals surface area contributed by atoms with Gasteiger partial charge in [0.05, 0.1) is 6.04 Å². The van der Waals surface area contributed by atoms with Gasteiger partial charge in [0.15, 0.2) is 16.7 Å². The minimum Gasteiger partial charge on any atom is -0.491 e. The molecule has 0 bridgehead atoms. The van der Waals surface area contributed by atoms with Crippen molar-refractivity contribution in [1.29, 1.82) is 0 Å². The molecule has 1 aromatic carbocycles. The molecule has 1 atom stereocenters. The van der Waals surface area contributed by atoms with Gasteiger partial charge in [0, 0.05) is 30.8 Å². The van der Waals surface area contributed by atoms with E-state index >= 15 is 0 Å². The first-order valence-electron chi connectivity index (χ1n) is 6.64. The van der Waals surface area contributed by atoms with Crippen molar-refractivity contribution >= 4 is 29.7 Å². The monoisotopic (exact) mass is 346 g/mol. The molecule has 2 N–H and O–H groups in total. The summed E-state index contributed by atoms with van der Waals surface area (Å²) in [6.07, 6.45) is 2.88. The zero-order valence-corrected chi connectivity index (χ0v) is 13.2. The van der Waals surface area contributed by atoms with Crippen molar-refractivity contribution in [1.82, 2.24) is 10.2 Å². The topological polar surface area (TPSA) is 52.6 Å². The molecule has 0 amide bonds. The van der Waals surface area contributed by atoms with Gasteiger partial charge in [0.2, 0.25) is 0 Å². The number of hydrogen-bond acceptors (Lipinski definition) is 3. The number of fused-ring (bicyclic) bond motifs is 1. The van der Waals surface area contributed by atoms with Crippen LogP contribution in [0.5, 0.6) is 5.75 Å². The molecule has 2 aliphatic heterocycles. The number of ether oxygens (including phenoxy) is 1. The molecule has 0 unspecified atom stereocenters. The number of halogens is 3. The first-order chi connectivity index (χ1) is 10.1. The van der Waals surface area contributed by atoms with Crippen molar-refractivity contribution < 1.29 is 13.5 Å². The number of benzene rings is 1. The van der Waals surface area contributed by atoms with E-state index in [-0.39, 0.29) is 18.4 Å². The van der Waals surface area contributed by atoms with Gasteiger partial charge in [-0.1, -0.05) is 0 Å². The van der Waals surface area contributed by atoms with E-state index in [9.17, 15) is 8.78 Å². The van der Waals surface area contributed by atoms with Crippen LogP contribution in [0.25, 0.3) is 0 Å². The van der Waals surface area contributed by atoms with Gasteiger partial charge in [0.1, 0.15) is 12.4 Å². The molecule has 0 saturated carbocycles. The maximum absolute atomic E-state index is 13.4. The lowest BCUT2D eigenvalue weighted by atomic mass is 10.0. The molecule has 119 valence electrons. The Bertz CT molecular complexity index is 626. The number of hydrogen-bond donors (Lipinski definition) is 1. The second kappa shape index (κ2) is 6.76. The molecule has 22 heavy (non-hydrogen) atoms. The summed E-state index contributed by atoms with van der Waals surface area (Å²) in [5.74, 6) is -1.39. The highest BCUT2D eigenvalue weighted by Gasteiger charge is 2.33. The van der Waals surface area contributed by atoms with Crippen molar-refractivity contribution in [2.75, 3.05) is 13.2 Å². The quantitative estimate of drug-likeness (QED) is 0.851. The molecule has 4 nitrogen and oxygen atoms in total. The van der Waals surface area contributed by atoms with Crippen LogP contribution < -0.4 is 15.8 Å². The number of rotatable bonds is 3. The smallest absolute Gasteiger partial charge is 0.200 e. The van der Waals surface area contributed by atoms with Gasteiger partial charge < -0.3 is 15.4 Å². The van der Waals surface area contributed by atoms with Gasteiger partial charge >= 0.3 is 0 Å². The Labute approximate surface area is 138 Å². The van der Waals surface area contributed by atoms with Gasteiger partial charge in [0.25, 0.3) is 0 Å². The van der Waals surface area contributed by atoms with Gasteiger partial charge in [-0.05, 0) is 30.4 Å². The summed E-state index contributed by atoms with van der Waals surface area (Å²) < 4.78 is 32.1. The van der Waals surface area contributed by atoms with Crippen LogP contribution in [-0.4, -0.2) is 29.2 Å². The largest absolute Gasteiger partial charge is 0.491 e. The van der Waals surface area contributed by atoms with Crippen LogP contribution in [0.15, 0.2) is 24.0 Å². The molecule has 1 radical (unpaired) electrons. The third-order valence-electron chi connectivity index (χ3n) is 3.60. The summed E-state index contributed by atoms with van der Waals surface area (Å²) in [6, 6.07) is 2.18. The SMILES string of the molecule is Cl.NCCC1=C[N]C(=S)N1[C@H]1COc2cc(F)c(F)cc2C1. The third-order valence-corrected chi connectivity index (χ3v) is 3.90. The molecular weight excluding hydrogens is 332 g/mol. The Balaban J connectivity index is 0.00000176. The lowest BCUT2D eigenvalue weighted by molar-refractivity contribution is 0.195. The lowest BCUT2D eigenvalue weighted by Gasteiger charge is -2.34. The van der Waals surface area contributed by atoms with Gasteiger partial charge in [-0.3, -0.25) is 0 Å². The summed E-state index contributed by atoms with van der Waals surface area (Å²) in [5.41, 5.74) is 7.15. The van der Waals surface area contributed by atoms with E-state index in [2.05, 4.69) is 5.32 Å². The Hall–Kier alpha value is -1.44. The Morgan fingerprint density at radius 3 is 2.82 bits per heavy atom. The van der Waals surface area contributed by atoms with E-state index in [0.717, 1.165) is 11.8 Å². The predicted octanol–water partition coefficient (Wildman–Crippen LogP) is 2.09. The van der Waals surface area contributed by atoms with Crippen LogP contribution in [0.2, 0.25) is 0 Å². The Kier molecular flexibility index (Phi) is 5.20. The highest BCUT2D eigenvalue weighted by Crippen LogP contribution is 2.31. The lowest BCUT2D eigenvalue weighted by Crippen LogP contribution is -2.44. The van der Waals surface area contributed by atoms with Crippen LogP contribution >= 0.6 is 24.6 Å². The molecule has 3 rings (SSSR count). The second-order valence-electron chi connectivity index (χ2n) is 4.98. The number of thiocarbonyl (C=S) groups is 1. The number of nitrogens with zero attached hydrogens (tertiary/aromatic N) is 2. The van der Waals surface area contributed by atoms with Crippen LogP contribution in [0.3, 0.4) is 0 Å². The van der Waals surface area contributed by atoms with E-state index in [4.69, 9.17) is 22.7 Å². The molecule has 8 heteroatoms. The van der Waals surface area contributed by atoms with Gasteiger partial charge in [-0.2, -0.15) is 0 Å². The second-order valence-corrected chi connectivity index (χ2v) is 5.35. The highest BCUT2D eigenvalue weighted by molar-refractivity contribution is 7.80. The average molecular weight is 347 g/mol. The Morgan fingerprint density at radius 1 is 1.36 bits per heavy atom. The van der Waals surface area contributed by atoms with Crippen LogP contribution in [0.4, 0.5) is 8.78 Å². The van der Waals surface area contributed by atoms with Crippen molar-refractivity contribution in [3.63, 3.8) is 0 Å². The fourth-order valence-electron chi connectivity index (χ4n) is 2.63. The minimum absolute atomic E-state index is 0. The van der Waals surface area contributed by atoms with Crippen molar-refractivity contribution in [2.24, 2.45) is 5.73 Å². The zero-order chi connectivity index (χ0) is 15.0. The maximum atomic E-state index is 13.4. The molecule has 0 aromatic heterocycles. The summed E-state index contributed by atoms with van der Waals surface area (Å²) in [5, 5.41) is 4.59. The standard InChI is InChI=1S/C14H14F2N3OS.ClH/c15-11-4-8-3-10(7-20-13(8)5-12(11)16)19-9(1-2-17)6-18-14(19)21;/h4-6,10H,1-3,7,17H2;1H/t10-;/m1./s1. The fraction of sp³-hybridized carbons (Fsp3) is 0.357. The van der Waals surface area contributed by atoms with E-state index in [1.165, 1.54) is 6.07 Å². The molecule has 2 aliphatic rings. The van der Waals surface area contributed by atoms with Crippen molar-refractivity contribution in [3.8, 4) is 5.75 Å². The number of nitrogens with two attached hydrogens (primary N) is 1. The van der Waals surface area contributed by atoms with E-state index in [1.54, 1.807) is 6.20 Å². The molecule has 2 heterocycles. The highest BCUT2D eigenvalue weighted by atomic mass is 35.5. The normalized spacial score (nSPS) is 19.8. The minimum atomic E-state index is -0.900. The summed E-state index contributed by atoms with van der Waals surface area (Å²) in [7, 11) is 0. The fourth-order valence-corrected chi connectivity index (χ4v) is 2.95. The van der Waals surface area contributed by atoms with Crippen molar-refractivity contribution in [3.05, 3.63) is 41.2 Å². The third kappa shape index (κ3) is 3.02. The van der Waals surface area contributed by atoms with E-state index in [1.807, 2.05) is 4.90 Å². The predicted molar refractivity (Wildman–Crippen MR) is 84.9 cm³/mol. The summed E-state index contributed by atoms with van der Waals surface area (Å²) in [6.45, 7) is 0.833.